The Morgan fingerprint density at radius 2 is 2.28 bits per heavy atom. The normalized spacial score (nSPS) is 18.6. The largest absolute Gasteiger partial charge is 0.334 e. The van der Waals surface area contributed by atoms with Gasteiger partial charge < -0.3 is 10.6 Å². The summed E-state index contributed by atoms with van der Waals surface area (Å²) in [5.74, 6) is -0.878. The molecule has 1 amide bonds. The molecule has 0 saturated carbocycles. The van der Waals surface area contributed by atoms with E-state index in [0.717, 1.165) is 18.9 Å². The van der Waals surface area contributed by atoms with E-state index in [9.17, 15) is 9.18 Å². The van der Waals surface area contributed by atoms with Gasteiger partial charge in [0, 0.05) is 24.2 Å². The Morgan fingerprint density at radius 3 is 2.89 bits per heavy atom. The van der Waals surface area contributed by atoms with E-state index in [0.29, 0.717) is 13.1 Å². The molecule has 0 aliphatic carbocycles. The predicted octanol–water partition coefficient (Wildman–Crippen LogP) is 2.46. The fraction of sp³-hybridized carbons (Fsp3) is 0.417. The molecule has 1 atom stereocenters. The second-order valence-electron chi connectivity index (χ2n) is 4.15. The van der Waals surface area contributed by atoms with Crippen LogP contribution in [0.2, 0.25) is 5.02 Å². The topological polar surface area (TPSA) is 46.3 Å². The molecule has 1 aromatic carbocycles. The van der Waals surface area contributed by atoms with Crippen LogP contribution in [0.3, 0.4) is 0 Å². The molecule has 0 bridgehead atoms. The van der Waals surface area contributed by atoms with E-state index in [1.807, 2.05) is 0 Å². The van der Waals surface area contributed by atoms with Crippen LogP contribution in [0.1, 0.15) is 23.2 Å². The number of benzene rings is 1. The zero-order valence-corrected chi connectivity index (χ0v) is 11.3. The molecular weight excluding hydrogens is 278 g/mol. The summed E-state index contributed by atoms with van der Waals surface area (Å²) in [6.45, 7) is 1.06. The first-order valence-electron chi connectivity index (χ1n) is 5.59. The third-order valence-electron chi connectivity index (χ3n) is 3.07. The van der Waals surface area contributed by atoms with Gasteiger partial charge in [-0.25, -0.2) is 4.39 Å². The quantitative estimate of drug-likeness (QED) is 0.910. The van der Waals surface area contributed by atoms with Gasteiger partial charge in [-0.3, -0.25) is 4.79 Å². The summed E-state index contributed by atoms with van der Waals surface area (Å²) in [6, 6.07) is 4.12. The van der Waals surface area contributed by atoms with E-state index < -0.39 is 5.82 Å². The Balaban J connectivity index is 0.00000162. The Kier molecular flexibility index (Phi) is 5.38. The number of nitrogens with two attached hydrogens (primary N) is 1. The van der Waals surface area contributed by atoms with Crippen molar-refractivity contribution >= 4 is 29.9 Å². The van der Waals surface area contributed by atoms with Crippen LogP contribution < -0.4 is 5.73 Å². The van der Waals surface area contributed by atoms with E-state index >= 15 is 0 Å². The molecule has 0 radical (unpaired) electrons. The summed E-state index contributed by atoms with van der Waals surface area (Å²) in [6.07, 6.45) is 1.81. The summed E-state index contributed by atoms with van der Waals surface area (Å²) in [5.41, 5.74) is 5.66. The van der Waals surface area contributed by atoms with Gasteiger partial charge in [0.15, 0.2) is 0 Å². The molecule has 1 fully saturated rings. The predicted molar refractivity (Wildman–Crippen MR) is 71.8 cm³/mol. The molecule has 1 aliphatic rings. The van der Waals surface area contributed by atoms with Crippen LogP contribution in [-0.4, -0.2) is 29.9 Å². The molecule has 1 heterocycles. The zero-order valence-electron chi connectivity index (χ0n) is 9.73. The fourth-order valence-corrected chi connectivity index (χ4v) is 2.32. The molecule has 2 rings (SSSR count). The van der Waals surface area contributed by atoms with E-state index in [1.165, 1.54) is 12.1 Å². The lowest BCUT2D eigenvalue weighted by molar-refractivity contribution is 0.0736. The van der Waals surface area contributed by atoms with Gasteiger partial charge in [0.05, 0.1) is 5.56 Å². The summed E-state index contributed by atoms with van der Waals surface area (Å²) in [5, 5.41) is 0.288. The SMILES string of the molecule is Cl.NCC1CCCN1C(=O)c1ccc(Cl)cc1F. The molecule has 1 saturated heterocycles. The van der Waals surface area contributed by atoms with Gasteiger partial charge in [0.1, 0.15) is 5.82 Å². The van der Waals surface area contributed by atoms with Crippen LogP contribution in [0, 0.1) is 5.82 Å². The van der Waals surface area contributed by atoms with Gasteiger partial charge in [-0.2, -0.15) is 0 Å². The zero-order chi connectivity index (χ0) is 12.4. The molecule has 6 heteroatoms. The Bertz CT molecular complexity index is 442. The number of hydrogen-bond acceptors (Lipinski definition) is 2. The molecule has 1 aliphatic heterocycles. The second kappa shape index (κ2) is 6.36. The van der Waals surface area contributed by atoms with Crippen LogP contribution in [0.25, 0.3) is 0 Å². The van der Waals surface area contributed by atoms with Crippen LogP contribution >= 0.6 is 24.0 Å². The molecule has 100 valence electrons. The molecule has 0 aromatic heterocycles. The molecule has 1 aromatic rings. The number of hydrogen-bond donors (Lipinski definition) is 1. The van der Waals surface area contributed by atoms with Crippen molar-refractivity contribution in [3.8, 4) is 0 Å². The van der Waals surface area contributed by atoms with Crippen molar-refractivity contribution < 1.29 is 9.18 Å². The van der Waals surface area contributed by atoms with E-state index in [-0.39, 0.29) is 34.9 Å². The summed E-state index contributed by atoms with van der Waals surface area (Å²) in [4.78, 5) is 13.8. The number of rotatable bonds is 2. The van der Waals surface area contributed by atoms with Gasteiger partial charge in [-0.15, -0.1) is 12.4 Å². The number of amides is 1. The number of halogens is 3. The van der Waals surface area contributed by atoms with Crippen LogP contribution in [0.15, 0.2) is 18.2 Å². The minimum Gasteiger partial charge on any atom is -0.334 e. The Labute approximate surface area is 116 Å². The maximum atomic E-state index is 13.6. The van der Waals surface area contributed by atoms with Crippen molar-refractivity contribution in [3.63, 3.8) is 0 Å². The van der Waals surface area contributed by atoms with Crippen molar-refractivity contribution in [2.24, 2.45) is 5.73 Å². The van der Waals surface area contributed by atoms with Crippen molar-refractivity contribution in [1.82, 2.24) is 4.90 Å². The summed E-state index contributed by atoms with van der Waals surface area (Å²) >= 11 is 5.65. The third-order valence-corrected chi connectivity index (χ3v) is 3.31. The van der Waals surface area contributed by atoms with Crippen LogP contribution in [-0.2, 0) is 0 Å². The molecule has 3 nitrogen and oxygen atoms in total. The lowest BCUT2D eigenvalue weighted by Gasteiger charge is -2.23. The van der Waals surface area contributed by atoms with Gasteiger partial charge in [0.2, 0.25) is 0 Å². The minimum atomic E-state index is -0.579. The molecule has 2 N–H and O–H groups in total. The van der Waals surface area contributed by atoms with Crippen molar-refractivity contribution in [3.05, 3.63) is 34.6 Å². The van der Waals surface area contributed by atoms with E-state index in [1.54, 1.807) is 4.90 Å². The number of carbonyl (C=O) groups is 1. The van der Waals surface area contributed by atoms with Gasteiger partial charge in [-0.1, -0.05) is 11.6 Å². The number of carbonyl (C=O) groups excluding carboxylic acids is 1. The summed E-state index contributed by atoms with van der Waals surface area (Å²) < 4.78 is 13.6. The molecule has 0 spiro atoms. The highest BCUT2D eigenvalue weighted by molar-refractivity contribution is 6.30. The minimum absolute atomic E-state index is 0. The average molecular weight is 293 g/mol. The monoisotopic (exact) mass is 292 g/mol. The molecule has 1 unspecified atom stereocenters. The maximum absolute atomic E-state index is 13.6. The smallest absolute Gasteiger partial charge is 0.257 e. The molecule has 18 heavy (non-hydrogen) atoms. The lowest BCUT2D eigenvalue weighted by atomic mass is 10.1. The Hall–Kier alpha value is -0.840. The van der Waals surface area contributed by atoms with Crippen molar-refractivity contribution in [2.45, 2.75) is 18.9 Å². The van der Waals surface area contributed by atoms with E-state index in [2.05, 4.69) is 0 Å². The first-order chi connectivity index (χ1) is 8.13. The van der Waals surface area contributed by atoms with Gasteiger partial charge in [-0.05, 0) is 31.0 Å². The highest BCUT2D eigenvalue weighted by atomic mass is 35.5. The number of nitrogens with zero attached hydrogens (tertiary/aromatic N) is 1. The number of likely N-dealkylation sites (tertiary alicyclic amines) is 1. The first kappa shape index (κ1) is 15.2. The summed E-state index contributed by atoms with van der Waals surface area (Å²) in [7, 11) is 0. The maximum Gasteiger partial charge on any atom is 0.257 e. The highest BCUT2D eigenvalue weighted by Crippen LogP contribution is 2.22. The third kappa shape index (κ3) is 2.94. The second-order valence-corrected chi connectivity index (χ2v) is 4.59. The average Bonchev–Trinajstić information content (AvgIpc) is 2.76. The van der Waals surface area contributed by atoms with Crippen LogP contribution in [0.5, 0.6) is 0 Å². The standard InChI is InChI=1S/C12H14ClFN2O.ClH/c13-8-3-4-10(11(14)6-8)12(17)16-5-1-2-9(16)7-15;/h3-4,6,9H,1-2,5,7,15H2;1H. The first-order valence-corrected chi connectivity index (χ1v) is 5.97. The van der Waals surface area contributed by atoms with Crippen molar-refractivity contribution in [2.75, 3.05) is 13.1 Å². The highest BCUT2D eigenvalue weighted by Gasteiger charge is 2.29. The van der Waals surface area contributed by atoms with Gasteiger partial charge >= 0.3 is 0 Å². The van der Waals surface area contributed by atoms with Gasteiger partial charge in [0.25, 0.3) is 5.91 Å². The lowest BCUT2D eigenvalue weighted by Crippen LogP contribution is -2.40. The fourth-order valence-electron chi connectivity index (χ4n) is 2.17. The molecular formula is C12H15Cl2FN2O. The van der Waals surface area contributed by atoms with Crippen LogP contribution in [0.4, 0.5) is 4.39 Å². The van der Waals surface area contributed by atoms with Crippen molar-refractivity contribution in [1.29, 1.82) is 0 Å². The Morgan fingerprint density at radius 1 is 1.56 bits per heavy atom. The van der Waals surface area contributed by atoms with E-state index in [4.69, 9.17) is 17.3 Å².